The number of aliphatic hydroxyl groups is 1. The third kappa shape index (κ3) is 3.89. The molecule has 0 aliphatic heterocycles. The van der Waals surface area contributed by atoms with Crippen molar-refractivity contribution in [2.45, 2.75) is 13.0 Å². The summed E-state index contributed by atoms with van der Waals surface area (Å²) in [5, 5.41) is 12.9. The van der Waals surface area contributed by atoms with Crippen molar-refractivity contribution in [1.29, 1.82) is 0 Å². The Morgan fingerprint density at radius 1 is 1.15 bits per heavy atom. The average Bonchev–Trinajstić information content (AvgIpc) is 2.47. The number of ether oxygens (including phenoxy) is 1. The van der Waals surface area contributed by atoms with Crippen molar-refractivity contribution in [3.05, 3.63) is 58.6 Å². The number of anilines is 1. The standard InChI is InChI=1S/C16H18ClNO2/c1-20-16-7-4-14(17)10-13(16)11-18-15-5-2-12(3-6-15)8-9-19/h2-7,10,18-19H,8-9,11H2,1H3. The van der Waals surface area contributed by atoms with Crippen molar-refractivity contribution < 1.29 is 9.84 Å². The molecule has 2 rings (SSSR count). The molecule has 2 aromatic rings. The van der Waals surface area contributed by atoms with Gasteiger partial charge in [-0.1, -0.05) is 23.7 Å². The quantitative estimate of drug-likeness (QED) is 0.856. The van der Waals surface area contributed by atoms with Crippen LogP contribution in [0.5, 0.6) is 5.75 Å². The summed E-state index contributed by atoms with van der Waals surface area (Å²) in [6, 6.07) is 13.6. The molecule has 0 aliphatic rings. The Kier molecular flexibility index (Phi) is 5.27. The fourth-order valence-corrected chi connectivity index (χ4v) is 2.20. The topological polar surface area (TPSA) is 41.5 Å². The van der Waals surface area contributed by atoms with Gasteiger partial charge in [-0.25, -0.2) is 0 Å². The lowest BCUT2D eigenvalue weighted by molar-refractivity contribution is 0.299. The Morgan fingerprint density at radius 2 is 1.90 bits per heavy atom. The maximum absolute atomic E-state index is 8.88. The van der Waals surface area contributed by atoms with Crippen LogP contribution in [0.2, 0.25) is 5.02 Å². The van der Waals surface area contributed by atoms with Gasteiger partial charge in [-0.2, -0.15) is 0 Å². The monoisotopic (exact) mass is 291 g/mol. The minimum Gasteiger partial charge on any atom is -0.496 e. The highest BCUT2D eigenvalue weighted by atomic mass is 35.5. The predicted octanol–water partition coefficient (Wildman–Crippen LogP) is 3.50. The van der Waals surface area contributed by atoms with Gasteiger partial charge in [0.2, 0.25) is 0 Å². The Morgan fingerprint density at radius 3 is 2.55 bits per heavy atom. The first-order valence-electron chi connectivity index (χ1n) is 6.49. The molecule has 2 N–H and O–H groups in total. The van der Waals surface area contributed by atoms with E-state index in [0.717, 1.165) is 22.6 Å². The summed E-state index contributed by atoms with van der Waals surface area (Å²) < 4.78 is 5.31. The molecule has 0 saturated heterocycles. The molecule has 4 heteroatoms. The molecule has 0 bridgehead atoms. The van der Waals surface area contributed by atoms with Gasteiger partial charge in [0.25, 0.3) is 0 Å². The zero-order valence-electron chi connectivity index (χ0n) is 11.4. The lowest BCUT2D eigenvalue weighted by atomic mass is 10.1. The van der Waals surface area contributed by atoms with E-state index in [1.807, 2.05) is 42.5 Å². The van der Waals surface area contributed by atoms with E-state index in [0.29, 0.717) is 18.0 Å². The van der Waals surface area contributed by atoms with Crippen molar-refractivity contribution in [2.24, 2.45) is 0 Å². The molecule has 0 unspecified atom stereocenters. The van der Waals surface area contributed by atoms with E-state index in [-0.39, 0.29) is 6.61 Å². The molecule has 3 nitrogen and oxygen atoms in total. The summed E-state index contributed by atoms with van der Waals surface area (Å²) in [5.74, 6) is 0.818. The van der Waals surface area contributed by atoms with Gasteiger partial charge in [-0.3, -0.25) is 0 Å². The van der Waals surface area contributed by atoms with Crippen molar-refractivity contribution in [3.8, 4) is 5.75 Å². The molecule has 0 aromatic heterocycles. The van der Waals surface area contributed by atoms with Gasteiger partial charge >= 0.3 is 0 Å². The summed E-state index contributed by atoms with van der Waals surface area (Å²) in [4.78, 5) is 0. The average molecular weight is 292 g/mol. The van der Waals surface area contributed by atoms with Gasteiger partial charge in [-0.05, 0) is 42.3 Å². The summed E-state index contributed by atoms with van der Waals surface area (Å²) in [5.41, 5.74) is 3.16. The van der Waals surface area contributed by atoms with E-state index in [2.05, 4.69) is 5.32 Å². The van der Waals surface area contributed by atoms with Crippen molar-refractivity contribution in [2.75, 3.05) is 19.0 Å². The minimum absolute atomic E-state index is 0.173. The van der Waals surface area contributed by atoms with Gasteiger partial charge < -0.3 is 15.2 Å². The SMILES string of the molecule is COc1ccc(Cl)cc1CNc1ccc(CCO)cc1. The molecule has 0 heterocycles. The van der Waals surface area contributed by atoms with Crippen LogP contribution < -0.4 is 10.1 Å². The van der Waals surface area contributed by atoms with Crippen LogP contribution in [-0.2, 0) is 13.0 Å². The first-order valence-corrected chi connectivity index (χ1v) is 6.87. The maximum atomic E-state index is 8.88. The van der Waals surface area contributed by atoms with Crippen LogP contribution in [0.1, 0.15) is 11.1 Å². The summed E-state index contributed by atoms with van der Waals surface area (Å²) in [6.07, 6.45) is 0.683. The van der Waals surface area contributed by atoms with Crippen LogP contribution in [0, 0.1) is 0 Å². The van der Waals surface area contributed by atoms with Crippen LogP contribution in [0.15, 0.2) is 42.5 Å². The largest absolute Gasteiger partial charge is 0.496 e. The number of hydrogen-bond donors (Lipinski definition) is 2. The number of rotatable bonds is 6. The minimum atomic E-state index is 0.173. The van der Waals surface area contributed by atoms with E-state index in [1.54, 1.807) is 7.11 Å². The number of hydrogen-bond acceptors (Lipinski definition) is 3. The zero-order valence-corrected chi connectivity index (χ0v) is 12.2. The number of nitrogens with one attached hydrogen (secondary N) is 1. The number of aliphatic hydroxyl groups excluding tert-OH is 1. The van der Waals surface area contributed by atoms with E-state index >= 15 is 0 Å². The molecule has 20 heavy (non-hydrogen) atoms. The van der Waals surface area contributed by atoms with Gasteiger partial charge in [0, 0.05) is 29.4 Å². The second kappa shape index (κ2) is 7.17. The van der Waals surface area contributed by atoms with Gasteiger partial charge in [0.1, 0.15) is 5.75 Å². The lowest BCUT2D eigenvalue weighted by Crippen LogP contribution is -2.02. The maximum Gasteiger partial charge on any atom is 0.123 e. The molecule has 0 spiro atoms. The molecule has 106 valence electrons. The molecular formula is C16H18ClNO2. The van der Waals surface area contributed by atoms with Gasteiger partial charge in [0.05, 0.1) is 7.11 Å². The van der Waals surface area contributed by atoms with E-state index < -0.39 is 0 Å². The van der Waals surface area contributed by atoms with E-state index in [4.69, 9.17) is 21.4 Å². The Hall–Kier alpha value is -1.71. The molecule has 0 radical (unpaired) electrons. The molecular weight excluding hydrogens is 274 g/mol. The van der Waals surface area contributed by atoms with Crippen LogP contribution in [0.3, 0.4) is 0 Å². The second-order valence-electron chi connectivity index (χ2n) is 4.48. The molecule has 0 aliphatic carbocycles. The van der Waals surface area contributed by atoms with E-state index in [1.165, 1.54) is 0 Å². The van der Waals surface area contributed by atoms with Crippen LogP contribution in [-0.4, -0.2) is 18.8 Å². The van der Waals surface area contributed by atoms with Crippen molar-refractivity contribution >= 4 is 17.3 Å². The number of halogens is 1. The highest BCUT2D eigenvalue weighted by molar-refractivity contribution is 6.30. The summed E-state index contributed by atoms with van der Waals surface area (Å²) in [6.45, 7) is 0.815. The Balaban J connectivity index is 2.02. The highest BCUT2D eigenvalue weighted by Gasteiger charge is 2.04. The molecule has 0 amide bonds. The number of benzene rings is 2. The Labute approximate surface area is 124 Å². The first kappa shape index (κ1) is 14.7. The highest BCUT2D eigenvalue weighted by Crippen LogP contribution is 2.23. The smallest absolute Gasteiger partial charge is 0.123 e. The predicted molar refractivity (Wildman–Crippen MR) is 82.6 cm³/mol. The third-order valence-corrected chi connectivity index (χ3v) is 3.31. The van der Waals surface area contributed by atoms with Gasteiger partial charge in [-0.15, -0.1) is 0 Å². The molecule has 0 saturated carbocycles. The Bertz CT molecular complexity index is 555. The number of methoxy groups -OCH3 is 1. The fraction of sp³-hybridized carbons (Fsp3) is 0.250. The van der Waals surface area contributed by atoms with Crippen molar-refractivity contribution in [1.82, 2.24) is 0 Å². The molecule has 0 atom stereocenters. The summed E-state index contributed by atoms with van der Waals surface area (Å²) >= 11 is 6.00. The summed E-state index contributed by atoms with van der Waals surface area (Å²) in [7, 11) is 1.65. The van der Waals surface area contributed by atoms with E-state index in [9.17, 15) is 0 Å². The molecule has 0 fully saturated rings. The second-order valence-corrected chi connectivity index (χ2v) is 4.92. The lowest BCUT2D eigenvalue weighted by Gasteiger charge is -2.11. The van der Waals surface area contributed by atoms with Gasteiger partial charge in [0.15, 0.2) is 0 Å². The van der Waals surface area contributed by atoms with Crippen LogP contribution in [0.25, 0.3) is 0 Å². The fourth-order valence-electron chi connectivity index (χ4n) is 2.00. The van der Waals surface area contributed by atoms with Crippen molar-refractivity contribution in [3.63, 3.8) is 0 Å². The third-order valence-electron chi connectivity index (χ3n) is 3.08. The van der Waals surface area contributed by atoms with Crippen LogP contribution in [0.4, 0.5) is 5.69 Å². The zero-order chi connectivity index (χ0) is 14.4. The first-order chi connectivity index (χ1) is 9.72. The van der Waals surface area contributed by atoms with Crippen LogP contribution >= 0.6 is 11.6 Å². The molecule has 2 aromatic carbocycles. The normalized spacial score (nSPS) is 10.3.